The number of likely N-dealkylation sites (N-methyl/N-ethyl adjacent to an activating group) is 1. The van der Waals surface area contributed by atoms with E-state index in [0.29, 0.717) is 19.6 Å². The summed E-state index contributed by atoms with van der Waals surface area (Å²) in [5.41, 5.74) is 1.84. The third-order valence-corrected chi connectivity index (χ3v) is 4.57. The van der Waals surface area contributed by atoms with Crippen LogP contribution in [0.2, 0.25) is 0 Å². The molecule has 1 amide bonds. The zero-order valence-electron chi connectivity index (χ0n) is 14.4. The standard InChI is InChI=1S/C18H23N5O2/c1-22(11-14-2-6-19-7-3-14)12-18(25)23-8-4-15(5-9-23)16-10-17(24)21-13-20-16/h2-3,6-7,10,13,15H,4-5,8-9,11-12H2,1H3,(H,20,21,24). The van der Waals surface area contributed by atoms with Crippen LogP contribution in [0.15, 0.2) is 41.7 Å². The highest BCUT2D eigenvalue weighted by atomic mass is 16.2. The maximum Gasteiger partial charge on any atom is 0.250 e. The van der Waals surface area contributed by atoms with Crippen LogP contribution in [-0.2, 0) is 11.3 Å². The molecule has 3 rings (SSSR count). The fraction of sp³-hybridized carbons (Fsp3) is 0.444. The number of aromatic amines is 1. The summed E-state index contributed by atoms with van der Waals surface area (Å²) < 4.78 is 0. The molecule has 1 aliphatic heterocycles. The highest BCUT2D eigenvalue weighted by Crippen LogP contribution is 2.25. The van der Waals surface area contributed by atoms with Crippen LogP contribution in [0.3, 0.4) is 0 Å². The van der Waals surface area contributed by atoms with Crippen LogP contribution in [0.1, 0.15) is 30.0 Å². The van der Waals surface area contributed by atoms with Crippen molar-refractivity contribution in [3.05, 3.63) is 58.5 Å². The van der Waals surface area contributed by atoms with E-state index in [-0.39, 0.29) is 17.4 Å². The summed E-state index contributed by atoms with van der Waals surface area (Å²) in [6.45, 7) is 2.54. The van der Waals surface area contributed by atoms with Crippen molar-refractivity contribution in [1.82, 2.24) is 24.8 Å². The zero-order chi connectivity index (χ0) is 17.6. The molecule has 132 valence electrons. The average molecular weight is 341 g/mol. The number of piperidine rings is 1. The number of hydrogen-bond acceptors (Lipinski definition) is 5. The number of likely N-dealkylation sites (tertiary alicyclic amines) is 1. The first kappa shape index (κ1) is 17.3. The summed E-state index contributed by atoms with van der Waals surface area (Å²) in [5.74, 6) is 0.398. The SMILES string of the molecule is CN(CC(=O)N1CCC(c2cc(=O)[nH]cn2)CC1)Cc1ccncc1. The number of H-pyrrole nitrogens is 1. The molecule has 0 unspecified atom stereocenters. The van der Waals surface area contributed by atoms with Gasteiger partial charge in [-0.2, -0.15) is 0 Å². The van der Waals surface area contributed by atoms with Gasteiger partial charge < -0.3 is 9.88 Å². The van der Waals surface area contributed by atoms with Gasteiger partial charge >= 0.3 is 0 Å². The fourth-order valence-electron chi connectivity index (χ4n) is 3.22. The summed E-state index contributed by atoms with van der Waals surface area (Å²) in [5, 5.41) is 0. The maximum atomic E-state index is 12.5. The van der Waals surface area contributed by atoms with Crippen molar-refractivity contribution in [2.75, 3.05) is 26.7 Å². The largest absolute Gasteiger partial charge is 0.342 e. The Morgan fingerprint density at radius 1 is 1.32 bits per heavy atom. The number of aromatic nitrogens is 3. The Morgan fingerprint density at radius 2 is 2.04 bits per heavy atom. The third-order valence-electron chi connectivity index (χ3n) is 4.57. The van der Waals surface area contributed by atoms with Crippen LogP contribution in [0, 0.1) is 0 Å². The number of carbonyl (C=O) groups is 1. The fourth-order valence-corrected chi connectivity index (χ4v) is 3.22. The summed E-state index contributed by atoms with van der Waals surface area (Å²) >= 11 is 0. The number of hydrogen-bond donors (Lipinski definition) is 1. The lowest BCUT2D eigenvalue weighted by Gasteiger charge is -2.32. The number of nitrogens with one attached hydrogen (secondary N) is 1. The van der Waals surface area contributed by atoms with Crippen molar-refractivity contribution in [2.45, 2.75) is 25.3 Å². The van der Waals surface area contributed by atoms with Gasteiger partial charge in [0, 0.05) is 44.0 Å². The van der Waals surface area contributed by atoms with E-state index < -0.39 is 0 Å². The molecular formula is C18H23N5O2. The van der Waals surface area contributed by atoms with Crippen LogP contribution in [0.25, 0.3) is 0 Å². The van der Waals surface area contributed by atoms with E-state index in [4.69, 9.17) is 0 Å². The molecule has 0 aromatic carbocycles. The number of amides is 1. The molecule has 0 radical (unpaired) electrons. The minimum Gasteiger partial charge on any atom is -0.342 e. The van der Waals surface area contributed by atoms with Gasteiger partial charge in [-0.05, 0) is 37.6 Å². The lowest BCUT2D eigenvalue weighted by molar-refractivity contribution is -0.133. The minimum atomic E-state index is -0.124. The Bertz CT molecular complexity index is 753. The normalized spacial score (nSPS) is 15.5. The van der Waals surface area contributed by atoms with E-state index in [2.05, 4.69) is 15.0 Å². The first-order valence-electron chi connectivity index (χ1n) is 8.51. The van der Waals surface area contributed by atoms with Crippen LogP contribution in [0.4, 0.5) is 0 Å². The van der Waals surface area contributed by atoms with Crippen molar-refractivity contribution in [2.24, 2.45) is 0 Å². The molecule has 0 saturated carbocycles. The van der Waals surface area contributed by atoms with Crippen molar-refractivity contribution in [3.8, 4) is 0 Å². The van der Waals surface area contributed by atoms with Crippen LogP contribution in [-0.4, -0.2) is 57.3 Å². The monoisotopic (exact) mass is 341 g/mol. The van der Waals surface area contributed by atoms with E-state index in [1.807, 2.05) is 29.0 Å². The smallest absolute Gasteiger partial charge is 0.250 e. The number of pyridine rings is 1. The van der Waals surface area contributed by atoms with Crippen molar-refractivity contribution in [3.63, 3.8) is 0 Å². The van der Waals surface area contributed by atoms with Crippen LogP contribution < -0.4 is 5.56 Å². The molecule has 0 bridgehead atoms. The molecule has 1 N–H and O–H groups in total. The van der Waals surface area contributed by atoms with Gasteiger partial charge in [0.25, 0.3) is 5.56 Å². The Hall–Kier alpha value is -2.54. The topological polar surface area (TPSA) is 82.2 Å². The second kappa shape index (κ2) is 8.02. The second-order valence-electron chi connectivity index (χ2n) is 6.52. The van der Waals surface area contributed by atoms with E-state index >= 15 is 0 Å². The van der Waals surface area contributed by atoms with Gasteiger partial charge in [-0.3, -0.25) is 19.5 Å². The summed E-state index contributed by atoms with van der Waals surface area (Å²) in [4.78, 5) is 38.6. The minimum absolute atomic E-state index is 0.124. The Kier molecular flexibility index (Phi) is 5.55. The summed E-state index contributed by atoms with van der Waals surface area (Å²) in [6, 6.07) is 5.48. The molecule has 7 nitrogen and oxygen atoms in total. The Morgan fingerprint density at radius 3 is 2.72 bits per heavy atom. The van der Waals surface area contributed by atoms with Gasteiger partial charge in [-0.1, -0.05) is 0 Å². The molecule has 3 heterocycles. The number of carbonyl (C=O) groups excluding carboxylic acids is 1. The predicted molar refractivity (Wildman–Crippen MR) is 94.0 cm³/mol. The molecule has 2 aromatic heterocycles. The molecule has 1 saturated heterocycles. The lowest BCUT2D eigenvalue weighted by Crippen LogP contribution is -2.43. The number of rotatable bonds is 5. The molecule has 0 spiro atoms. The van der Waals surface area contributed by atoms with Crippen molar-refractivity contribution >= 4 is 5.91 Å². The zero-order valence-corrected chi connectivity index (χ0v) is 14.4. The quantitative estimate of drug-likeness (QED) is 0.877. The Balaban J connectivity index is 1.49. The molecule has 1 aliphatic rings. The van der Waals surface area contributed by atoms with Gasteiger partial charge in [0.1, 0.15) is 0 Å². The molecule has 0 atom stereocenters. The van der Waals surface area contributed by atoms with E-state index in [1.54, 1.807) is 18.5 Å². The summed E-state index contributed by atoms with van der Waals surface area (Å²) in [7, 11) is 1.95. The van der Waals surface area contributed by atoms with E-state index in [0.717, 1.165) is 30.6 Å². The Labute approximate surface area is 146 Å². The van der Waals surface area contributed by atoms with Gasteiger partial charge in [0.15, 0.2) is 0 Å². The molecule has 0 aliphatic carbocycles. The third kappa shape index (κ3) is 4.73. The predicted octanol–water partition coefficient (Wildman–Crippen LogP) is 1.00. The first-order chi connectivity index (χ1) is 12.1. The highest BCUT2D eigenvalue weighted by Gasteiger charge is 2.25. The maximum absolute atomic E-state index is 12.5. The van der Waals surface area contributed by atoms with Crippen molar-refractivity contribution < 1.29 is 4.79 Å². The van der Waals surface area contributed by atoms with Gasteiger partial charge in [-0.25, -0.2) is 4.98 Å². The van der Waals surface area contributed by atoms with E-state index in [9.17, 15) is 9.59 Å². The molecule has 7 heteroatoms. The number of nitrogens with zero attached hydrogens (tertiary/aromatic N) is 4. The molecular weight excluding hydrogens is 318 g/mol. The molecule has 25 heavy (non-hydrogen) atoms. The highest BCUT2D eigenvalue weighted by molar-refractivity contribution is 5.78. The van der Waals surface area contributed by atoms with Gasteiger partial charge in [0.2, 0.25) is 5.91 Å². The van der Waals surface area contributed by atoms with Crippen LogP contribution >= 0.6 is 0 Å². The summed E-state index contributed by atoms with van der Waals surface area (Å²) in [6.07, 6.45) is 6.66. The van der Waals surface area contributed by atoms with E-state index in [1.165, 1.54) is 6.33 Å². The van der Waals surface area contributed by atoms with Crippen molar-refractivity contribution in [1.29, 1.82) is 0 Å². The lowest BCUT2D eigenvalue weighted by atomic mass is 9.93. The average Bonchev–Trinajstić information content (AvgIpc) is 2.62. The molecule has 2 aromatic rings. The van der Waals surface area contributed by atoms with Gasteiger partial charge in [-0.15, -0.1) is 0 Å². The molecule has 1 fully saturated rings. The first-order valence-corrected chi connectivity index (χ1v) is 8.51. The van der Waals surface area contributed by atoms with Crippen LogP contribution in [0.5, 0.6) is 0 Å². The second-order valence-corrected chi connectivity index (χ2v) is 6.52. The van der Waals surface area contributed by atoms with Gasteiger partial charge in [0.05, 0.1) is 18.6 Å².